The molecule has 0 bridgehead atoms. The number of aryl methyl sites for hydroxylation is 2. The van der Waals surface area contributed by atoms with E-state index in [1.807, 2.05) is 19.9 Å². The lowest BCUT2D eigenvalue weighted by Crippen LogP contribution is -1.94. The molecular formula is C7H8N4S. The Morgan fingerprint density at radius 1 is 1.42 bits per heavy atom. The average Bonchev–Trinajstić information content (AvgIpc) is 2.29. The standard InChI is InChI=1S/C7H8N4S/c1-4-3-6-9-5(2)10-11(6)7(12)8-4/h3H,1-2H3,(H,9,10). The summed E-state index contributed by atoms with van der Waals surface area (Å²) in [5.41, 5.74) is 1.72. The Morgan fingerprint density at radius 3 is 2.92 bits per heavy atom. The highest BCUT2D eigenvalue weighted by Crippen LogP contribution is 2.02. The first-order valence-electron chi connectivity index (χ1n) is 3.60. The van der Waals surface area contributed by atoms with Crippen LogP contribution < -0.4 is 0 Å². The van der Waals surface area contributed by atoms with Crippen molar-refractivity contribution < 1.29 is 0 Å². The minimum Gasteiger partial charge on any atom is -0.277 e. The number of rotatable bonds is 0. The summed E-state index contributed by atoms with van der Waals surface area (Å²) in [5, 5.41) is 2.99. The lowest BCUT2D eigenvalue weighted by Gasteiger charge is -1.92. The maximum atomic E-state index is 5.04. The van der Waals surface area contributed by atoms with Gasteiger partial charge < -0.3 is 0 Å². The van der Waals surface area contributed by atoms with Crippen molar-refractivity contribution in [2.24, 2.45) is 0 Å². The van der Waals surface area contributed by atoms with Gasteiger partial charge in [0.15, 0.2) is 5.65 Å². The third kappa shape index (κ3) is 1.02. The van der Waals surface area contributed by atoms with Crippen molar-refractivity contribution in [3.8, 4) is 0 Å². The van der Waals surface area contributed by atoms with Crippen molar-refractivity contribution in [1.82, 2.24) is 19.6 Å². The van der Waals surface area contributed by atoms with Crippen LogP contribution in [-0.2, 0) is 0 Å². The fraction of sp³-hybridized carbons (Fsp3) is 0.286. The van der Waals surface area contributed by atoms with Gasteiger partial charge in [-0.1, -0.05) is 0 Å². The van der Waals surface area contributed by atoms with Gasteiger partial charge in [-0.05, 0) is 26.1 Å². The Labute approximate surface area is 74.3 Å². The summed E-state index contributed by atoms with van der Waals surface area (Å²) in [4.78, 5) is 8.36. The molecule has 0 saturated heterocycles. The maximum Gasteiger partial charge on any atom is 0.220 e. The van der Waals surface area contributed by atoms with Gasteiger partial charge >= 0.3 is 0 Å². The molecule has 0 aliphatic heterocycles. The molecule has 0 atom stereocenters. The van der Waals surface area contributed by atoms with E-state index in [4.69, 9.17) is 12.2 Å². The molecule has 2 aromatic heterocycles. The molecule has 2 heterocycles. The molecule has 1 N–H and O–H groups in total. The molecule has 2 aromatic rings. The first-order chi connectivity index (χ1) is 5.66. The summed E-state index contributed by atoms with van der Waals surface area (Å²) in [6.45, 7) is 3.79. The molecule has 0 radical (unpaired) electrons. The van der Waals surface area contributed by atoms with E-state index in [1.54, 1.807) is 4.52 Å². The number of nitrogens with zero attached hydrogens (tertiary/aromatic N) is 3. The van der Waals surface area contributed by atoms with Crippen LogP contribution in [0.2, 0.25) is 0 Å². The fourth-order valence-electron chi connectivity index (χ4n) is 1.13. The second-order valence-electron chi connectivity index (χ2n) is 2.68. The highest BCUT2D eigenvalue weighted by Gasteiger charge is 1.99. The van der Waals surface area contributed by atoms with E-state index in [2.05, 4.69) is 15.1 Å². The maximum absolute atomic E-state index is 5.04. The van der Waals surface area contributed by atoms with Crippen LogP contribution in [0.1, 0.15) is 11.5 Å². The third-order valence-electron chi connectivity index (χ3n) is 1.59. The molecule has 0 aliphatic rings. The molecule has 0 fully saturated rings. The molecule has 0 aliphatic carbocycles. The monoisotopic (exact) mass is 180 g/mol. The second kappa shape index (κ2) is 2.38. The number of hydrogen-bond donors (Lipinski definition) is 1. The van der Waals surface area contributed by atoms with Crippen LogP contribution in [-0.4, -0.2) is 19.6 Å². The quantitative estimate of drug-likeness (QED) is 0.623. The van der Waals surface area contributed by atoms with E-state index < -0.39 is 0 Å². The second-order valence-corrected chi connectivity index (χ2v) is 3.05. The van der Waals surface area contributed by atoms with E-state index in [-0.39, 0.29) is 0 Å². The summed E-state index contributed by atoms with van der Waals surface area (Å²) in [7, 11) is 0. The zero-order chi connectivity index (χ0) is 8.72. The lowest BCUT2D eigenvalue weighted by atomic mass is 10.4. The van der Waals surface area contributed by atoms with Gasteiger partial charge in [0.25, 0.3) is 0 Å². The van der Waals surface area contributed by atoms with E-state index in [1.165, 1.54) is 0 Å². The highest BCUT2D eigenvalue weighted by atomic mass is 32.1. The van der Waals surface area contributed by atoms with Gasteiger partial charge in [0.2, 0.25) is 4.77 Å². The minimum absolute atomic E-state index is 0.519. The predicted molar refractivity (Wildman–Crippen MR) is 47.6 cm³/mol. The van der Waals surface area contributed by atoms with Gasteiger partial charge in [0.1, 0.15) is 5.82 Å². The van der Waals surface area contributed by atoms with Crippen molar-refractivity contribution in [1.29, 1.82) is 0 Å². The topological polar surface area (TPSA) is 46.0 Å². The number of H-pyrrole nitrogens is 1. The predicted octanol–water partition coefficient (Wildman–Crippen LogP) is 1.40. The van der Waals surface area contributed by atoms with Crippen molar-refractivity contribution in [2.75, 3.05) is 0 Å². The van der Waals surface area contributed by atoms with Crippen molar-refractivity contribution >= 4 is 17.9 Å². The fourth-order valence-corrected chi connectivity index (χ4v) is 1.41. The molecular weight excluding hydrogens is 172 g/mol. The first kappa shape index (κ1) is 7.42. The summed E-state index contributed by atoms with van der Waals surface area (Å²) in [6.07, 6.45) is 0. The Morgan fingerprint density at radius 2 is 2.17 bits per heavy atom. The van der Waals surface area contributed by atoms with Crippen LogP contribution in [0.4, 0.5) is 0 Å². The summed E-state index contributed by atoms with van der Waals surface area (Å²) < 4.78 is 2.21. The molecule has 0 saturated carbocycles. The molecule has 5 heteroatoms. The van der Waals surface area contributed by atoms with E-state index in [0.717, 1.165) is 17.2 Å². The third-order valence-corrected chi connectivity index (χ3v) is 1.86. The Kier molecular flexibility index (Phi) is 1.47. The molecule has 0 unspecified atom stereocenters. The van der Waals surface area contributed by atoms with Gasteiger partial charge in [0.05, 0.1) is 0 Å². The highest BCUT2D eigenvalue weighted by molar-refractivity contribution is 7.71. The van der Waals surface area contributed by atoms with Gasteiger partial charge in [-0.25, -0.2) is 14.5 Å². The Hall–Kier alpha value is -1.23. The molecule has 0 amide bonds. The number of fused-ring (bicyclic) bond motifs is 1. The van der Waals surface area contributed by atoms with Crippen LogP contribution in [0.5, 0.6) is 0 Å². The normalized spacial score (nSPS) is 10.8. The van der Waals surface area contributed by atoms with Gasteiger partial charge in [-0.15, -0.1) is 0 Å². The smallest absolute Gasteiger partial charge is 0.220 e. The lowest BCUT2D eigenvalue weighted by molar-refractivity contribution is 0.872. The Balaban J connectivity index is 2.98. The number of hydrogen-bond acceptors (Lipinski definition) is 3. The zero-order valence-electron chi connectivity index (χ0n) is 6.83. The van der Waals surface area contributed by atoms with Crippen LogP contribution in [0.15, 0.2) is 6.07 Å². The van der Waals surface area contributed by atoms with Crippen LogP contribution in [0.25, 0.3) is 5.65 Å². The van der Waals surface area contributed by atoms with Gasteiger partial charge in [0, 0.05) is 11.8 Å². The Bertz CT molecular complexity index is 482. The van der Waals surface area contributed by atoms with Crippen LogP contribution in [0.3, 0.4) is 0 Å². The minimum atomic E-state index is 0.519. The van der Waals surface area contributed by atoms with Gasteiger partial charge in [-0.2, -0.15) is 0 Å². The van der Waals surface area contributed by atoms with Crippen LogP contribution >= 0.6 is 12.2 Å². The molecule has 12 heavy (non-hydrogen) atoms. The molecule has 4 nitrogen and oxygen atoms in total. The van der Waals surface area contributed by atoms with E-state index >= 15 is 0 Å². The van der Waals surface area contributed by atoms with Crippen molar-refractivity contribution in [2.45, 2.75) is 13.8 Å². The first-order valence-corrected chi connectivity index (χ1v) is 4.00. The summed E-state index contributed by atoms with van der Waals surface area (Å²) >= 11 is 5.04. The number of nitrogens with one attached hydrogen (secondary N) is 1. The van der Waals surface area contributed by atoms with E-state index in [9.17, 15) is 0 Å². The van der Waals surface area contributed by atoms with E-state index in [0.29, 0.717) is 4.77 Å². The average molecular weight is 180 g/mol. The van der Waals surface area contributed by atoms with Crippen LogP contribution in [0, 0.1) is 18.6 Å². The molecule has 62 valence electrons. The van der Waals surface area contributed by atoms with Crippen molar-refractivity contribution in [3.63, 3.8) is 0 Å². The molecule has 0 aromatic carbocycles. The van der Waals surface area contributed by atoms with Gasteiger partial charge in [-0.3, -0.25) is 5.10 Å². The largest absolute Gasteiger partial charge is 0.277 e. The molecule has 0 spiro atoms. The SMILES string of the molecule is Cc1cc2nc(C)[nH]n2c(=S)n1. The summed E-state index contributed by atoms with van der Waals surface area (Å²) in [5.74, 6) is 0.841. The molecule has 2 rings (SSSR count). The number of aromatic nitrogens is 4. The zero-order valence-corrected chi connectivity index (χ0v) is 7.64. The number of aromatic amines is 1. The van der Waals surface area contributed by atoms with Crippen molar-refractivity contribution in [3.05, 3.63) is 22.4 Å². The summed E-state index contributed by atoms with van der Waals surface area (Å²) in [6, 6.07) is 1.89.